The summed E-state index contributed by atoms with van der Waals surface area (Å²) in [7, 11) is 0. The first-order valence-corrected chi connectivity index (χ1v) is 7.61. The summed E-state index contributed by atoms with van der Waals surface area (Å²) in [6, 6.07) is 10.3. The van der Waals surface area contributed by atoms with Gasteiger partial charge in [-0.1, -0.05) is 19.1 Å². The Labute approximate surface area is 126 Å². The predicted octanol–water partition coefficient (Wildman–Crippen LogP) is 3.76. The number of aromatic nitrogens is 2. The molecule has 1 unspecified atom stereocenters. The van der Waals surface area contributed by atoms with Gasteiger partial charge in [-0.3, -0.25) is 0 Å². The van der Waals surface area contributed by atoms with E-state index in [-0.39, 0.29) is 0 Å². The molecule has 0 saturated carbocycles. The van der Waals surface area contributed by atoms with Crippen LogP contribution in [-0.4, -0.2) is 23.1 Å². The smallest absolute Gasteiger partial charge is 0.135 e. The van der Waals surface area contributed by atoms with Crippen molar-refractivity contribution in [1.29, 1.82) is 0 Å². The summed E-state index contributed by atoms with van der Waals surface area (Å²) in [6.45, 7) is 6.57. The van der Waals surface area contributed by atoms with E-state index in [4.69, 9.17) is 0 Å². The Hall–Kier alpha value is -2.10. The lowest BCUT2D eigenvalue weighted by Crippen LogP contribution is -2.34. The minimum Gasteiger partial charge on any atom is -0.356 e. The van der Waals surface area contributed by atoms with E-state index in [1.807, 2.05) is 12.1 Å². The maximum Gasteiger partial charge on any atom is 0.135 e. The molecule has 4 nitrogen and oxygen atoms in total. The number of aryl methyl sites for hydroxylation is 1. The molecule has 1 N–H and O–H groups in total. The maximum atomic E-state index is 4.43. The Bertz CT molecular complexity index is 611. The molecule has 1 atom stereocenters. The molecule has 2 heterocycles. The zero-order valence-corrected chi connectivity index (χ0v) is 12.7. The van der Waals surface area contributed by atoms with Gasteiger partial charge in [0.2, 0.25) is 0 Å². The molecule has 0 bridgehead atoms. The van der Waals surface area contributed by atoms with Crippen LogP contribution in [0.5, 0.6) is 0 Å². The van der Waals surface area contributed by atoms with Crippen molar-refractivity contribution in [3.05, 3.63) is 42.2 Å². The minimum atomic E-state index is 0.738. The summed E-state index contributed by atoms with van der Waals surface area (Å²) >= 11 is 0. The second-order valence-electron chi connectivity index (χ2n) is 5.95. The van der Waals surface area contributed by atoms with E-state index in [0.29, 0.717) is 0 Å². The third-order valence-electron chi connectivity index (χ3n) is 3.92. The summed E-state index contributed by atoms with van der Waals surface area (Å²) in [4.78, 5) is 11.1. The molecule has 1 aliphatic heterocycles. The fourth-order valence-electron chi connectivity index (χ4n) is 2.86. The van der Waals surface area contributed by atoms with Gasteiger partial charge in [0.25, 0.3) is 0 Å². The van der Waals surface area contributed by atoms with Crippen molar-refractivity contribution >= 4 is 17.3 Å². The standard InChI is InChI=1S/C17H22N4/c1-13-5-3-7-15(9-13)20-16-10-17(19-12-18-16)21-8-4-6-14(2)11-21/h3,5,7,9-10,12,14H,4,6,8,11H2,1-2H3,(H,18,19,20). The molecule has 1 aromatic carbocycles. The van der Waals surface area contributed by atoms with E-state index >= 15 is 0 Å². The van der Waals surface area contributed by atoms with Crippen molar-refractivity contribution in [3.63, 3.8) is 0 Å². The van der Waals surface area contributed by atoms with E-state index < -0.39 is 0 Å². The lowest BCUT2D eigenvalue weighted by atomic mass is 10.0. The first kappa shape index (κ1) is 13.9. The number of rotatable bonds is 3. The monoisotopic (exact) mass is 282 g/mol. The average molecular weight is 282 g/mol. The second kappa shape index (κ2) is 6.12. The van der Waals surface area contributed by atoms with Gasteiger partial charge in [-0.15, -0.1) is 0 Å². The van der Waals surface area contributed by atoms with Crippen molar-refractivity contribution in [2.45, 2.75) is 26.7 Å². The lowest BCUT2D eigenvalue weighted by Gasteiger charge is -2.31. The number of piperidine rings is 1. The first-order chi connectivity index (χ1) is 10.2. The van der Waals surface area contributed by atoms with Gasteiger partial charge in [-0.2, -0.15) is 0 Å². The van der Waals surface area contributed by atoms with Gasteiger partial charge in [-0.05, 0) is 43.4 Å². The highest BCUT2D eigenvalue weighted by molar-refractivity contribution is 5.59. The number of benzene rings is 1. The van der Waals surface area contributed by atoms with E-state index in [9.17, 15) is 0 Å². The maximum absolute atomic E-state index is 4.43. The van der Waals surface area contributed by atoms with E-state index in [0.717, 1.165) is 36.3 Å². The van der Waals surface area contributed by atoms with Crippen LogP contribution in [0.4, 0.5) is 17.3 Å². The van der Waals surface area contributed by atoms with E-state index in [2.05, 4.69) is 52.2 Å². The van der Waals surface area contributed by atoms with Crippen LogP contribution in [0, 0.1) is 12.8 Å². The normalized spacial score (nSPS) is 18.6. The largest absolute Gasteiger partial charge is 0.356 e. The van der Waals surface area contributed by atoms with Crippen molar-refractivity contribution in [2.75, 3.05) is 23.3 Å². The Morgan fingerprint density at radius 3 is 2.95 bits per heavy atom. The molecule has 2 aromatic rings. The quantitative estimate of drug-likeness (QED) is 0.930. The van der Waals surface area contributed by atoms with Gasteiger partial charge in [0.1, 0.15) is 18.0 Å². The van der Waals surface area contributed by atoms with Crippen molar-refractivity contribution in [3.8, 4) is 0 Å². The topological polar surface area (TPSA) is 41.0 Å². The van der Waals surface area contributed by atoms with Crippen LogP contribution >= 0.6 is 0 Å². The molecule has 0 radical (unpaired) electrons. The highest BCUT2D eigenvalue weighted by Gasteiger charge is 2.17. The summed E-state index contributed by atoms with van der Waals surface area (Å²) in [5.41, 5.74) is 2.30. The van der Waals surface area contributed by atoms with Gasteiger partial charge in [0, 0.05) is 24.8 Å². The van der Waals surface area contributed by atoms with Crippen LogP contribution in [-0.2, 0) is 0 Å². The zero-order valence-electron chi connectivity index (χ0n) is 12.7. The molecule has 110 valence electrons. The van der Waals surface area contributed by atoms with Gasteiger partial charge >= 0.3 is 0 Å². The lowest BCUT2D eigenvalue weighted by molar-refractivity contribution is 0.444. The molecule has 1 aliphatic rings. The number of hydrogen-bond acceptors (Lipinski definition) is 4. The molecular weight excluding hydrogens is 260 g/mol. The molecule has 1 aromatic heterocycles. The molecule has 1 fully saturated rings. The van der Waals surface area contributed by atoms with Crippen molar-refractivity contribution in [1.82, 2.24) is 9.97 Å². The molecule has 0 aliphatic carbocycles. The van der Waals surface area contributed by atoms with Gasteiger partial charge in [0.05, 0.1) is 0 Å². The predicted molar refractivity (Wildman–Crippen MR) is 87.1 cm³/mol. The van der Waals surface area contributed by atoms with E-state index in [1.54, 1.807) is 6.33 Å². The number of nitrogens with one attached hydrogen (secondary N) is 1. The van der Waals surface area contributed by atoms with Crippen LogP contribution < -0.4 is 10.2 Å². The Morgan fingerprint density at radius 2 is 2.14 bits per heavy atom. The zero-order chi connectivity index (χ0) is 14.7. The molecule has 4 heteroatoms. The highest BCUT2D eigenvalue weighted by atomic mass is 15.2. The van der Waals surface area contributed by atoms with Gasteiger partial charge < -0.3 is 10.2 Å². The molecule has 0 spiro atoms. The van der Waals surface area contributed by atoms with Crippen molar-refractivity contribution in [2.24, 2.45) is 5.92 Å². The number of hydrogen-bond donors (Lipinski definition) is 1. The summed E-state index contributed by atoms with van der Waals surface area (Å²) in [5, 5.41) is 3.36. The molecular formula is C17H22N4. The van der Waals surface area contributed by atoms with E-state index in [1.165, 1.54) is 18.4 Å². The summed E-state index contributed by atoms with van der Waals surface area (Å²) in [5.74, 6) is 2.61. The average Bonchev–Trinajstić information content (AvgIpc) is 2.47. The molecule has 1 saturated heterocycles. The Kier molecular flexibility index (Phi) is 4.04. The first-order valence-electron chi connectivity index (χ1n) is 7.61. The second-order valence-corrected chi connectivity index (χ2v) is 5.95. The molecule has 21 heavy (non-hydrogen) atoms. The summed E-state index contributed by atoms with van der Waals surface area (Å²) in [6.07, 6.45) is 4.20. The van der Waals surface area contributed by atoms with Crippen LogP contribution in [0.25, 0.3) is 0 Å². The molecule has 3 rings (SSSR count). The van der Waals surface area contributed by atoms with Gasteiger partial charge in [-0.25, -0.2) is 9.97 Å². The number of anilines is 3. The van der Waals surface area contributed by atoms with Crippen LogP contribution in [0.1, 0.15) is 25.3 Å². The summed E-state index contributed by atoms with van der Waals surface area (Å²) < 4.78 is 0. The fourth-order valence-corrected chi connectivity index (χ4v) is 2.86. The highest BCUT2D eigenvalue weighted by Crippen LogP contribution is 2.23. The van der Waals surface area contributed by atoms with Crippen LogP contribution in [0.15, 0.2) is 36.7 Å². The van der Waals surface area contributed by atoms with Crippen LogP contribution in [0.3, 0.4) is 0 Å². The third kappa shape index (κ3) is 3.51. The van der Waals surface area contributed by atoms with Gasteiger partial charge in [0.15, 0.2) is 0 Å². The van der Waals surface area contributed by atoms with Crippen molar-refractivity contribution < 1.29 is 0 Å². The Morgan fingerprint density at radius 1 is 1.24 bits per heavy atom. The van der Waals surface area contributed by atoms with Crippen LogP contribution in [0.2, 0.25) is 0 Å². The Balaban J connectivity index is 1.76. The fraction of sp³-hybridized carbons (Fsp3) is 0.412. The third-order valence-corrected chi connectivity index (χ3v) is 3.92. The molecule has 0 amide bonds. The SMILES string of the molecule is Cc1cccc(Nc2cc(N3CCCC(C)C3)ncn2)c1. The minimum absolute atomic E-state index is 0.738. The number of nitrogens with zero attached hydrogens (tertiary/aromatic N) is 3.